The third-order valence-electron chi connectivity index (χ3n) is 2.26. The minimum Gasteiger partial charge on any atom is -0.481 e. The van der Waals surface area contributed by atoms with Gasteiger partial charge in [-0.3, -0.25) is 4.79 Å². The first-order chi connectivity index (χ1) is 6.20. The van der Waals surface area contributed by atoms with Crippen LogP contribution in [0.1, 0.15) is 32.1 Å². The van der Waals surface area contributed by atoms with E-state index in [0.29, 0.717) is 4.99 Å². The van der Waals surface area contributed by atoms with Gasteiger partial charge in [0.15, 0.2) is 0 Å². The van der Waals surface area contributed by atoms with Gasteiger partial charge in [-0.25, -0.2) is 0 Å². The number of carboxylic acid groups (broad SMARTS) is 1. The molecule has 0 aromatic heterocycles. The minimum atomic E-state index is -0.825. The van der Waals surface area contributed by atoms with Gasteiger partial charge in [-0.1, -0.05) is 25.1 Å². The molecule has 1 rings (SSSR count). The van der Waals surface area contributed by atoms with Crippen molar-refractivity contribution in [3.63, 3.8) is 0 Å². The van der Waals surface area contributed by atoms with Gasteiger partial charge < -0.3 is 10.0 Å². The third kappa shape index (κ3) is 3.72. The van der Waals surface area contributed by atoms with Gasteiger partial charge in [0.05, 0.1) is 11.4 Å². The van der Waals surface area contributed by atoms with E-state index in [4.69, 9.17) is 17.3 Å². The summed E-state index contributed by atoms with van der Waals surface area (Å²) in [5.74, 6) is -0.825. The van der Waals surface area contributed by atoms with Gasteiger partial charge in [-0.15, -0.1) is 0 Å². The van der Waals surface area contributed by atoms with E-state index in [1.54, 1.807) is 0 Å². The zero-order valence-corrected chi connectivity index (χ0v) is 8.48. The van der Waals surface area contributed by atoms with Crippen LogP contribution in [0, 0.1) is 0 Å². The van der Waals surface area contributed by atoms with Crippen LogP contribution >= 0.6 is 12.2 Å². The summed E-state index contributed by atoms with van der Waals surface area (Å²) < 4.78 is 0. The Morgan fingerprint density at radius 3 is 2.23 bits per heavy atom. The molecule has 1 fully saturated rings. The number of carbonyl (C=O) groups is 1. The standard InChI is InChI=1S/C9H15NO2S/c11-9(12)7-8(13)10-5-3-1-2-4-6-10/h1-7H2,(H,11,12). The van der Waals surface area contributed by atoms with E-state index in [1.807, 2.05) is 4.90 Å². The largest absolute Gasteiger partial charge is 0.481 e. The molecule has 0 aliphatic carbocycles. The fraction of sp³-hybridized carbons (Fsp3) is 0.778. The molecule has 0 aromatic carbocycles. The lowest BCUT2D eigenvalue weighted by molar-refractivity contribution is -0.135. The topological polar surface area (TPSA) is 40.5 Å². The van der Waals surface area contributed by atoms with Crippen LogP contribution in [0.5, 0.6) is 0 Å². The van der Waals surface area contributed by atoms with Crippen molar-refractivity contribution in [2.75, 3.05) is 13.1 Å². The molecule has 13 heavy (non-hydrogen) atoms. The molecule has 0 spiro atoms. The van der Waals surface area contributed by atoms with E-state index in [9.17, 15) is 4.79 Å². The predicted molar refractivity (Wildman–Crippen MR) is 54.9 cm³/mol. The average molecular weight is 201 g/mol. The Morgan fingerprint density at radius 1 is 1.23 bits per heavy atom. The molecular weight excluding hydrogens is 186 g/mol. The van der Waals surface area contributed by atoms with Crippen molar-refractivity contribution in [1.82, 2.24) is 4.90 Å². The van der Waals surface area contributed by atoms with Crippen LogP contribution in [-0.2, 0) is 4.79 Å². The third-order valence-corrected chi connectivity index (χ3v) is 2.66. The van der Waals surface area contributed by atoms with Gasteiger partial charge in [0, 0.05) is 13.1 Å². The molecule has 1 heterocycles. The molecule has 74 valence electrons. The Labute approximate surface area is 83.7 Å². The van der Waals surface area contributed by atoms with Gasteiger partial charge in [-0.05, 0) is 12.8 Å². The summed E-state index contributed by atoms with van der Waals surface area (Å²) in [4.78, 5) is 13.1. The van der Waals surface area contributed by atoms with Crippen molar-refractivity contribution < 1.29 is 9.90 Å². The number of likely N-dealkylation sites (tertiary alicyclic amines) is 1. The lowest BCUT2D eigenvalue weighted by atomic mass is 10.2. The number of hydrogen-bond donors (Lipinski definition) is 1. The highest BCUT2D eigenvalue weighted by atomic mass is 32.1. The molecule has 0 bridgehead atoms. The Kier molecular flexibility index (Phi) is 4.15. The fourth-order valence-corrected chi connectivity index (χ4v) is 1.87. The van der Waals surface area contributed by atoms with Crippen molar-refractivity contribution in [2.45, 2.75) is 32.1 Å². The fourth-order valence-electron chi connectivity index (χ4n) is 1.56. The quantitative estimate of drug-likeness (QED) is 0.690. The number of rotatable bonds is 2. The van der Waals surface area contributed by atoms with Gasteiger partial charge in [0.1, 0.15) is 0 Å². The molecule has 0 amide bonds. The number of hydrogen-bond acceptors (Lipinski definition) is 2. The minimum absolute atomic E-state index is 0.00926. The Balaban J connectivity index is 2.39. The predicted octanol–water partition coefficient (Wildman–Crippen LogP) is 1.66. The van der Waals surface area contributed by atoms with Crippen molar-refractivity contribution >= 4 is 23.2 Å². The van der Waals surface area contributed by atoms with Crippen LogP contribution in [-0.4, -0.2) is 34.1 Å². The Morgan fingerprint density at radius 2 is 1.77 bits per heavy atom. The second-order valence-electron chi connectivity index (χ2n) is 3.37. The highest BCUT2D eigenvalue weighted by Gasteiger charge is 2.14. The van der Waals surface area contributed by atoms with E-state index in [2.05, 4.69) is 0 Å². The van der Waals surface area contributed by atoms with Crippen molar-refractivity contribution in [3.8, 4) is 0 Å². The summed E-state index contributed by atoms with van der Waals surface area (Å²) >= 11 is 5.06. The molecule has 0 radical (unpaired) electrons. The van der Waals surface area contributed by atoms with E-state index in [1.165, 1.54) is 12.8 Å². The zero-order valence-electron chi connectivity index (χ0n) is 7.66. The first kappa shape index (κ1) is 10.4. The molecule has 1 aliphatic heterocycles. The maximum absolute atomic E-state index is 10.4. The van der Waals surface area contributed by atoms with E-state index in [0.717, 1.165) is 25.9 Å². The average Bonchev–Trinajstić information content (AvgIpc) is 2.29. The van der Waals surface area contributed by atoms with Crippen molar-refractivity contribution in [1.29, 1.82) is 0 Å². The highest BCUT2D eigenvalue weighted by molar-refractivity contribution is 7.80. The molecule has 0 atom stereocenters. The molecule has 0 saturated carbocycles. The second-order valence-corrected chi connectivity index (χ2v) is 3.84. The summed E-state index contributed by atoms with van der Waals surface area (Å²) in [6.45, 7) is 1.87. The van der Waals surface area contributed by atoms with E-state index < -0.39 is 5.97 Å². The summed E-state index contributed by atoms with van der Waals surface area (Å²) in [5.41, 5.74) is 0. The molecule has 4 heteroatoms. The normalized spacial score (nSPS) is 18.0. The molecule has 1 saturated heterocycles. The molecule has 0 aromatic rings. The van der Waals surface area contributed by atoms with Gasteiger partial charge in [0.2, 0.25) is 0 Å². The van der Waals surface area contributed by atoms with Crippen LogP contribution in [0.2, 0.25) is 0 Å². The van der Waals surface area contributed by atoms with Crippen molar-refractivity contribution in [3.05, 3.63) is 0 Å². The smallest absolute Gasteiger partial charge is 0.310 e. The van der Waals surface area contributed by atoms with Crippen LogP contribution < -0.4 is 0 Å². The van der Waals surface area contributed by atoms with E-state index >= 15 is 0 Å². The van der Waals surface area contributed by atoms with Gasteiger partial charge >= 0.3 is 5.97 Å². The van der Waals surface area contributed by atoms with Crippen LogP contribution in [0.4, 0.5) is 0 Å². The number of nitrogens with zero attached hydrogens (tertiary/aromatic N) is 1. The van der Waals surface area contributed by atoms with Crippen LogP contribution in [0.3, 0.4) is 0 Å². The number of thiocarbonyl (C=S) groups is 1. The highest BCUT2D eigenvalue weighted by Crippen LogP contribution is 2.11. The number of carboxylic acids is 1. The molecular formula is C9H15NO2S. The summed E-state index contributed by atoms with van der Waals surface area (Å²) in [6.07, 6.45) is 4.77. The first-order valence-electron chi connectivity index (χ1n) is 4.70. The monoisotopic (exact) mass is 201 g/mol. The molecule has 1 aliphatic rings. The molecule has 1 N–H and O–H groups in total. The van der Waals surface area contributed by atoms with Gasteiger partial charge in [-0.2, -0.15) is 0 Å². The van der Waals surface area contributed by atoms with Gasteiger partial charge in [0.25, 0.3) is 0 Å². The SMILES string of the molecule is O=C(O)CC(=S)N1CCCCCC1. The number of aliphatic carboxylic acids is 1. The van der Waals surface area contributed by atoms with Crippen LogP contribution in [0.15, 0.2) is 0 Å². The molecule has 3 nitrogen and oxygen atoms in total. The summed E-state index contributed by atoms with van der Waals surface area (Å²) in [6, 6.07) is 0. The summed E-state index contributed by atoms with van der Waals surface area (Å²) in [7, 11) is 0. The van der Waals surface area contributed by atoms with Crippen LogP contribution in [0.25, 0.3) is 0 Å². The Hall–Kier alpha value is -0.640. The Bertz CT molecular complexity index is 198. The second kappa shape index (κ2) is 5.17. The maximum atomic E-state index is 10.4. The lowest BCUT2D eigenvalue weighted by Crippen LogP contribution is -2.31. The van der Waals surface area contributed by atoms with E-state index in [-0.39, 0.29) is 6.42 Å². The summed E-state index contributed by atoms with van der Waals surface area (Å²) in [5, 5.41) is 8.57. The molecule has 0 unspecified atom stereocenters. The first-order valence-corrected chi connectivity index (χ1v) is 5.10. The zero-order chi connectivity index (χ0) is 9.68. The van der Waals surface area contributed by atoms with Crippen molar-refractivity contribution in [2.24, 2.45) is 0 Å². The lowest BCUT2D eigenvalue weighted by Gasteiger charge is -2.21. The maximum Gasteiger partial charge on any atom is 0.310 e.